The van der Waals surface area contributed by atoms with Crippen molar-refractivity contribution in [3.63, 3.8) is 0 Å². The lowest BCUT2D eigenvalue weighted by atomic mass is 10.1. The van der Waals surface area contributed by atoms with E-state index in [1.807, 2.05) is 31.2 Å². The van der Waals surface area contributed by atoms with E-state index < -0.39 is 0 Å². The zero-order chi connectivity index (χ0) is 14.7. The topological polar surface area (TPSA) is 9.23 Å². The van der Waals surface area contributed by atoms with Gasteiger partial charge in [-0.2, -0.15) is 0 Å². The normalized spacial score (nSPS) is 10.5. The van der Waals surface area contributed by atoms with E-state index in [4.69, 9.17) is 4.74 Å². The number of allylic oxidation sites excluding steroid dienone is 1. The number of benzene rings is 3. The van der Waals surface area contributed by atoms with Crippen LogP contribution in [0, 0.1) is 0 Å². The monoisotopic (exact) mass is 274 g/mol. The smallest absolute Gasteiger partial charge is 0.127 e. The van der Waals surface area contributed by atoms with Crippen molar-refractivity contribution < 1.29 is 4.74 Å². The van der Waals surface area contributed by atoms with Gasteiger partial charge in [-0.3, -0.25) is 0 Å². The van der Waals surface area contributed by atoms with Crippen LogP contribution >= 0.6 is 0 Å². The number of hydrogen-bond donors (Lipinski definition) is 0. The molecule has 0 unspecified atom stereocenters. The first kappa shape index (κ1) is 13.4. The molecule has 0 aliphatic rings. The fourth-order valence-corrected chi connectivity index (χ4v) is 2.37. The van der Waals surface area contributed by atoms with Gasteiger partial charge in [0, 0.05) is 5.39 Å². The molecule has 3 aromatic rings. The Morgan fingerprint density at radius 3 is 2.38 bits per heavy atom. The van der Waals surface area contributed by atoms with Crippen LogP contribution in [0.3, 0.4) is 0 Å². The van der Waals surface area contributed by atoms with Crippen molar-refractivity contribution in [2.75, 3.05) is 0 Å². The zero-order valence-electron chi connectivity index (χ0n) is 12.2. The average molecular weight is 274 g/mol. The number of fused-ring (bicyclic) bond motifs is 1. The van der Waals surface area contributed by atoms with Crippen molar-refractivity contribution in [3.05, 3.63) is 84.4 Å². The fourth-order valence-electron chi connectivity index (χ4n) is 2.37. The van der Waals surface area contributed by atoms with E-state index in [2.05, 4.69) is 49.0 Å². The summed E-state index contributed by atoms with van der Waals surface area (Å²) in [6.07, 6.45) is 0. The predicted octanol–water partition coefficient (Wildman–Crippen LogP) is 5.45. The molecule has 3 rings (SSSR count). The lowest BCUT2D eigenvalue weighted by Gasteiger charge is -2.10. The van der Waals surface area contributed by atoms with Gasteiger partial charge >= 0.3 is 0 Å². The van der Waals surface area contributed by atoms with Crippen LogP contribution in [-0.4, -0.2) is 0 Å². The minimum absolute atomic E-state index is 0.574. The first-order chi connectivity index (χ1) is 10.2. The second-order valence-electron chi connectivity index (χ2n) is 5.24. The minimum atomic E-state index is 0.574. The molecule has 0 radical (unpaired) electrons. The third-order valence-corrected chi connectivity index (χ3v) is 3.59. The van der Waals surface area contributed by atoms with E-state index >= 15 is 0 Å². The molecule has 0 aromatic heterocycles. The Bertz CT molecular complexity index is 764. The summed E-state index contributed by atoms with van der Waals surface area (Å²) in [6.45, 7) is 6.54. The standard InChI is InChI=1S/C20H18O/c1-15(2)17-12-10-16(11-13-17)14-21-20-9-5-7-18-6-3-4-8-19(18)20/h3-13H,1,14H2,2H3. The summed E-state index contributed by atoms with van der Waals surface area (Å²) >= 11 is 0. The van der Waals surface area contributed by atoms with Crippen LogP contribution < -0.4 is 4.74 Å². The molecular formula is C20H18O. The average Bonchev–Trinajstić information content (AvgIpc) is 2.53. The summed E-state index contributed by atoms with van der Waals surface area (Å²) < 4.78 is 5.98. The van der Waals surface area contributed by atoms with Crippen LogP contribution in [0.4, 0.5) is 0 Å². The molecule has 0 aliphatic heterocycles. The first-order valence-electron chi connectivity index (χ1n) is 7.09. The van der Waals surface area contributed by atoms with Crippen molar-refractivity contribution in [2.24, 2.45) is 0 Å². The zero-order valence-corrected chi connectivity index (χ0v) is 12.2. The summed E-state index contributed by atoms with van der Waals surface area (Å²) in [7, 11) is 0. The maximum absolute atomic E-state index is 5.98. The van der Waals surface area contributed by atoms with E-state index in [-0.39, 0.29) is 0 Å². The Hall–Kier alpha value is -2.54. The van der Waals surface area contributed by atoms with Gasteiger partial charge in [-0.15, -0.1) is 0 Å². The molecule has 0 fully saturated rings. The summed E-state index contributed by atoms with van der Waals surface area (Å²) in [4.78, 5) is 0. The summed E-state index contributed by atoms with van der Waals surface area (Å²) in [5.74, 6) is 0.928. The molecule has 0 aliphatic carbocycles. The van der Waals surface area contributed by atoms with E-state index in [0.717, 1.165) is 22.3 Å². The molecule has 0 N–H and O–H groups in total. The maximum atomic E-state index is 5.98. The quantitative estimate of drug-likeness (QED) is 0.614. The van der Waals surface area contributed by atoms with Gasteiger partial charge in [0.25, 0.3) is 0 Å². The fraction of sp³-hybridized carbons (Fsp3) is 0.100. The molecule has 21 heavy (non-hydrogen) atoms. The number of rotatable bonds is 4. The third kappa shape index (κ3) is 2.97. The molecule has 0 spiro atoms. The van der Waals surface area contributed by atoms with Crippen LogP contribution in [0.5, 0.6) is 5.75 Å². The Labute approximate surface area is 125 Å². The highest BCUT2D eigenvalue weighted by Crippen LogP contribution is 2.26. The van der Waals surface area contributed by atoms with E-state index in [1.54, 1.807) is 0 Å². The Balaban J connectivity index is 1.79. The molecule has 1 nitrogen and oxygen atoms in total. The summed E-state index contributed by atoms with van der Waals surface area (Å²) in [6, 6.07) is 22.8. The van der Waals surface area contributed by atoms with Gasteiger partial charge in [-0.1, -0.05) is 72.8 Å². The molecule has 0 atom stereocenters. The van der Waals surface area contributed by atoms with E-state index in [9.17, 15) is 0 Å². The predicted molar refractivity (Wildman–Crippen MR) is 89.4 cm³/mol. The van der Waals surface area contributed by atoms with Crippen molar-refractivity contribution in [1.29, 1.82) is 0 Å². The second kappa shape index (κ2) is 5.84. The lowest BCUT2D eigenvalue weighted by molar-refractivity contribution is 0.310. The second-order valence-corrected chi connectivity index (χ2v) is 5.24. The van der Waals surface area contributed by atoms with Crippen molar-refractivity contribution in [2.45, 2.75) is 13.5 Å². The van der Waals surface area contributed by atoms with Gasteiger partial charge in [0.15, 0.2) is 0 Å². The first-order valence-corrected chi connectivity index (χ1v) is 7.09. The van der Waals surface area contributed by atoms with Crippen LogP contribution in [0.25, 0.3) is 16.3 Å². The van der Waals surface area contributed by atoms with Gasteiger partial charge in [-0.25, -0.2) is 0 Å². The molecule has 1 heteroatoms. The Morgan fingerprint density at radius 2 is 1.62 bits per heavy atom. The highest BCUT2D eigenvalue weighted by molar-refractivity contribution is 5.88. The molecule has 0 heterocycles. The Kier molecular flexibility index (Phi) is 3.74. The molecular weight excluding hydrogens is 256 g/mol. The molecule has 104 valence electrons. The molecule has 0 saturated carbocycles. The lowest BCUT2D eigenvalue weighted by Crippen LogP contribution is -1.96. The van der Waals surface area contributed by atoms with Gasteiger partial charge in [0.05, 0.1) is 0 Å². The van der Waals surface area contributed by atoms with E-state index in [1.165, 1.54) is 10.9 Å². The SMILES string of the molecule is C=C(C)c1ccc(COc2cccc3ccccc23)cc1. The minimum Gasteiger partial charge on any atom is -0.488 e. The van der Waals surface area contributed by atoms with E-state index in [0.29, 0.717) is 6.61 Å². The Morgan fingerprint density at radius 1 is 0.905 bits per heavy atom. The highest BCUT2D eigenvalue weighted by Gasteiger charge is 2.02. The highest BCUT2D eigenvalue weighted by atomic mass is 16.5. The van der Waals surface area contributed by atoms with Crippen LogP contribution in [0.15, 0.2) is 73.3 Å². The van der Waals surface area contributed by atoms with Crippen molar-refractivity contribution >= 4 is 16.3 Å². The third-order valence-electron chi connectivity index (χ3n) is 3.59. The summed E-state index contributed by atoms with van der Waals surface area (Å²) in [5, 5.41) is 2.35. The molecule has 0 bridgehead atoms. The van der Waals surface area contributed by atoms with Gasteiger partial charge in [-0.05, 0) is 29.5 Å². The number of ether oxygens (including phenoxy) is 1. The molecule has 0 amide bonds. The van der Waals surface area contributed by atoms with Gasteiger partial charge in [0.2, 0.25) is 0 Å². The summed E-state index contributed by atoms with van der Waals surface area (Å²) in [5.41, 5.74) is 3.41. The maximum Gasteiger partial charge on any atom is 0.127 e. The molecule has 3 aromatic carbocycles. The van der Waals surface area contributed by atoms with Gasteiger partial charge in [0.1, 0.15) is 12.4 Å². The largest absolute Gasteiger partial charge is 0.488 e. The van der Waals surface area contributed by atoms with Gasteiger partial charge < -0.3 is 4.74 Å². The number of hydrogen-bond acceptors (Lipinski definition) is 1. The van der Waals surface area contributed by atoms with Crippen molar-refractivity contribution in [3.8, 4) is 5.75 Å². The van der Waals surface area contributed by atoms with Crippen LogP contribution in [-0.2, 0) is 6.61 Å². The van der Waals surface area contributed by atoms with Crippen LogP contribution in [0.2, 0.25) is 0 Å². The molecule has 0 saturated heterocycles. The van der Waals surface area contributed by atoms with Crippen LogP contribution in [0.1, 0.15) is 18.1 Å². The van der Waals surface area contributed by atoms with Crippen molar-refractivity contribution in [1.82, 2.24) is 0 Å².